The van der Waals surface area contributed by atoms with Crippen molar-refractivity contribution in [1.82, 2.24) is 4.98 Å². The van der Waals surface area contributed by atoms with Gasteiger partial charge in [0, 0.05) is 13.0 Å². The third-order valence-corrected chi connectivity index (χ3v) is 3.48. The summed E-state index contributed by atoms with van der Waals surface area (Å²) >= 11 is 0. The van der Waals surface area contributed by atoms with Gasteiger partial charge in [-0.05, 0) is 30.9 Å². The smallest absolute Gasteiger partial charge is 0.225 e. The average molecular weight is 247 g/mol. The molecule has 1 aromatic rings. The number of carbonyl (C=O) groups is 1. The van der Waals surface area contributed by atoms with Crippen molar-refractivity contribution in [3.63, 3.8) is 0 Å². The van der Waals surface area contributed by atoms with E-state index in [0.29, 0.717) is 24.7 Å². The van der Waals surface area contributed by atoms with Gasteiger partial charge in [-0.1, -0.05) is 25.3 Å². The minimum absolute atomic E-state index is 0.0728. The second-order valence-corrected chi connectivity index (χ2v) is 4.97. The van der Waals surface area contributed by atoms with Gasteiger partial charge >= 0.3 is 0 Å². The quantitative estimate of drug-likeness (QED) is 0.858. The number of nitrogens with zero attached hydrogens (tertiary/aromatic N) is 1. The first-order valence-electron chi connectivity index (χ1n) is 6.74. The molecule has 0 aromatic carbocycles. The Balaban J connectivity index is 1.85. The minimum Gasteiger partial charge on any atom is -0.325 e. The normalized spacial score (nSPS) is 16.5. The van der Waals surface area contributed by atoms with Crippen molar-refractivity contribution in [3.05, 3.63) is 23.9 Å². The van der Waals surface area contributed by atoms with E-state index in [1.54, 1.807) is 6.07 Å². The summed E-state index contributed by atoms with van der Waals surface area (Å²) in [6, 6.07) is 5.53. The van der Waals surface area contributed by atoms with Crippen LogP contribution in [0.5, 0.6) is 0 Å². The van der Waals surface area contributed by atoms with Crippen molar-refractivity contribution >= 4 is 11.7 Å². The fraction of sp³-hybridized carbons (Fsp3) is 0.571. The van der Waals surface area contributed by atoms with Crippen molar-refractivity contribution in [1.29, 1.82) is 0 Å². The Bertz CT molecular complexity index is 400. The van der Waals surface area contributed by atoms with Crippen LogP contribution in [0.2, 0.25) is 0 Å². The summed E-state index contributed by atoms with van der Waals surface area (Å²) < 4.78 is 0. The van der Waals surface area contributed by atoms with E-state index in [0.717, 1.165) is 5.69 Å². The fourth-order valence-electron chi connectivity index (χ4n) is 2.51. The number of amides is 1. The van der Waals surface area contributed by atoms with Crippen LogP contribution in [0, 0.1) is 5.92 Å². The standard InChI is InChI=1S/C14H21N3O/c15-10-12-7-4-8-13(16-12)17-14(18)9-11-5-2-1-3-6-11/h4,7-8,11H,1-3,5-6,9-10,15H2,(H,16,17,18). The molecule has 0 unspecified atom stereocenters. The maximum Gasteiger partial charge on any atom is 0.225 e. The van der Waals surface area contributed by atoms with Crippen molar-refractivity contribution in [2.75, 3.05) is 5.32 Å². The van der Waals surface area contributed by atoms with E-state index in [9.17, 15) is 4.79 Å². The Morgan fingerprint density at radius 3 is 2.83 bits per heavy atom. The predicted octanol–water partition coefficient (Wildman–Crippen LogP) is 2.45. The van der Waals surface area contributed by atoms with Crippen molar-refractivity contribution in [3.8, 4) is 0 Å². The van der Waals surface area contributed by atoms with Crippen molar-refractivity contribution in [2.45, 2.75) is 45.1 Å². The van der Waals surface area contributed by atoms with Gasteiger partial charge in [0.15, 0.2) is 0 Å². The Morgan fingerprint density at radius 1 is 1.33 bits per heavy atom. The molecular formula is C14H21N3O. The number of aromatic nitrogens is 1. The number of rotatable bonds is 4. The summed E-state index contributed by atoms with van der Waals surface area (Å²) in [5.41, 5.74) is 6.32. The van der Waals surface area contributed by atoms with E-state index in [2.05, 4.69) is 10.3 Å². The van der Waals surface area contributed by atoms with Crippen molar-refractivity contribution in [2.24, 2.45) is 11.7 Å². The van der Waals surface area contributed by atoms with Crippen LogP contribution >= 0.6 is 0 Å². The summed E-state index contributed by atoms with van der Waals surface area (Å²) in [6.07, 6.45) is 6.83. The summed E-state index contributed by atoms with van der Waals surface area (Å²) in [5, 5.41) is 2.86. The zero-order chi connectivity index (χ0) is 12.8. The van der Waals surface area contributed by atoms with Crippen LogP contribution in [-0.2, 0) is 11.3 Å². The molecule has 1 aromatic heterocycles. The molecule has 1 amide bonds. The molecule has 0 spiro atoms. The topological polar surface area (TPSA) is 68.0 Å². The van der Waals surface area contributed by atoms with Crippen molar-refractivity contribution < 1.29 is 4.79 Å². The monoisotopic (exact) mass is 247 g/mol. The number of nitrogens with one attached hydrogen (secondary N) is 1. The molecule has 98 valence electrons. The van der Waals surface area contributed by atoms with E-state index < -0.39 is 0 Å². The van der Waals surface area contributed by atoms with E-state index in [-0.39, 0.29) is 5.91 Å². The lowest BCUT2D eigenvalue weighted by Gasteiger charge is -2.20. The molecule has 2 rings (SSSR count). The molecule has 0 bridgehead atoms. The molecule has 3 N–H and O–H groups in total. The highest BCUT2D eigenvalue weighted by atomic mass is 16.1. The van der Waals surface area contributed by atoms with Gasteiger partial charge in [-0.2, -0.15) is 0 Å². The maximum atomic E-state index is 11.9. The second kappa shape index (κ2) is 6.50. The molecule has 1 heterocycles. The SMILES string of the molecule is NCc1cccc(NC(=O)CC2CCCCC2)n1. The Kier molecular flexibility index (Phi) is 4.70. The molecule has 18 heavy (non-hydrogen) atoms. The molecule has 1 aliphatic carbocycles. The van der Waals surface area contributed by atoms with Crippen LogP contribution in [0.4, 0.5) is 5.82 Å². The predicted molar refractivity (Wildman–Crippen MR) is 72.0 cm³/mol. The van der Waals surface area contributed by atoms with Crippen LogP contribution in [-0.4, -0.2) is 10.9 Å². The number of hydrogen-bond acceptors (Lipinski definition) is 3. The van der Waals surface area contributed by atoms with Gasteiger partial charge in [-0.3, -0.25) is 4.79 Å². The lowest BCUT2D eigenvalue weighted by molar-refractivity contribution is -0.117. The highest BCUT2D eigenvalue weighted by Gasteiger charge is 2.17. The third-order valence-electron chi connectivity index (χ3n) is 3.48. The lowest BCUT2D eigenvalue weighted by atomic mass is 9.87. The van der Waals surface area contributed by atoms with Crippen LogP contribution in [0.25, 0.3) is 0 Å². The first kappa shape index (κ1) is 13.0. The van der Waals surface area contributed by atoms with Crippen LogP contribution in [0.1, 0.15) is 44.2 Å². The van der Waals surface area contributed by atoms with Gasteiger partial charge in [-0.15, -0.1) is 0 Å². The van der Waals surface area contributed by atoms with Gasteiger partial charge in [0.2, 0.25) is 5.91 Å². The molecular weight excluding hydrogens is 226 g/mol. The van der Waals surface area contributed by atoms with Crippen LogP contribution in [0.15, 0.2) is 18.2 Å². The van der Waals surface area contributed by atoms with Gasteiger partial charge in [0.05, 0.1) is 5.69 Å². The first-order valence-corrected chi connectivity index (χ1v) is 6.74. The van der Waals surface area contributed by atoms with Crippen LogP contribution < -0.4 is 11.1 Å². The van der Waals surface area contributed by atoms with Gasteiger partial charge in [-0.25, -0.2) is 4.98 Å². The molecule has 4 heteroatoms. The third kappa shape index (κ3) is 3.81. The van der Waals surface area contributed by atoms with E-state index in [1.807, 2.05) is 12.1 Å². The van der Waals surface area contributed by atoms with E-state index in [4.69, 9.17) is 5.73 Å². The van der Waals surface area contributed by atoms with E-state index >= 15 is 0 Å². The molecule has 1 saturated carbocycles. The van der Waals surface area contributed by atoms with Gasteiger partial charge in [0.1, 0.15) is 5.82 Å². The molecule has 1 aliphatic rings. The first-order chi connectivity index (χ1) is 8.78. The Morgan fingerprint density at radius 2 is 2.11 bits per heavy atom. The largest absolute Gasteiger partial charge is 0.325 e. The number of pyridine rings is 1. The molecule has 0 atom stereocenters. The Hall–Kier alpha value is -1.42. The average Bonchev–Trinajstić information content (AvgIpc) is 2.40. The molecule has 1 fully saturated rings. The Labute approximate surface area is 108 Å². The van der Waals surface area contributed by atoms with Crippen LogP contribution in [0.3, 0.4) is 0 Å². The minimum atomic E-state index is 0.0728. The molecule has 0 aliphatic heterocycles. The second-order valence-electron chi connectivity index (χ2n) is 4.97. The van der Waals surface area contributed by atoms with Gasteiger partial charge < -0.3 is 11.1 Å². The number of anilines is 1. The highest BCUT2D eigenvalue weighted by molar-refractivity contribution is 5.89. The molecule has 4 nitrogen and oxygen atoms in total. The van der Waals surface area contributed by atoms with E-state index in [1.165, 1.54) is 32.1 Å². The molecule has 0 radical (unpaired) electrons. The summed E-state index contributed by atoms with van der Waals surface area (Å²) in [7, 11) is 0. The number of hydrogen-bond donors (Lipinski definition) is 2. The zero-order valence-electron chi connectivity index (χ0n) is 10.7. The summed E-state index contributed by atoms with van der Waals surface area (Å²) in [4.78, 5) is 16.2. The zero-order valence-corrected chi connectivity index (χ0v) is 10.7. The number of nitrogens with two attached hydrogens (primary N) is 1. The number of carbonyl (C=O) groups excluding carboxylic acids is 1. The maximum absolute atomic E-state index is 11.9. The summed E-state index contributed by atoms with van der Waals surface area (Å²) in [6.45, 7) is 0.395. The lowest BCUT2D eigenvalue weighted by Crippen LogP contribution is -2.19. The van der Waals surface area contributed by atoms with Gasteiger partial charge in [0.25, 0.3) is 0 Å². The summed E-state index contributed by atoms with van der Waals surface area (Å²) in [5.74, 6) is 1.23. The molecule has 0 saturated heterocycles. The highest BCUT2D eigenvalue weighted by Crippen LogP contribution is 2.26. The fourth-order valence-corrected chi connectivity index (χ4v) is 2.51.